The van der Waals surface area contributed by atoms with Gasteiger partial charge in [0.15, 0.2) is 0 Å². The van der Waals surface area contributed by atoms with Crippen molar-refractivity contribution in [3.63, 3.8) is 0 Å². The normalized spacial score (nSPS) is 10.3. The monoisotopic (exact) mass is 261 g/mol. The second-order valence-electron chi connectivity index (χ2n) is 4.25. The molecule has 0 aliphatic carbocycles. The number of rotatable bonds is 2. The maximum Gasteiger partial charge on any atom is 0.0991 e. The fraction of sp³-hybridized carbons (Fsp3) is 0. The van der Waals surface area contributed by atoms with Crippen molar-refractivity contribution in [3.05, 3.63) is 72.3 Å². The molecule has 3 aromatic rings. The van der Waals surface area contributed by atoms with Crippen molar-refractivity contribution >= 4 is 22.5 Å². The van der Waals surface area contributed by atoms with Crippen LogP contribution in [0.2, 0.25) is 0 Å². The van der Waals surface area contributed by atoms with Gasteiger partial charge in [-0.25, -0.2) is 0 Å². The van der Waals surface area contributed by atoms with Gasteiger partial charge in [0, 0.05) is 9.79 Å². The first-order valence-electron chi connectivity index (χ1n) is 6.02. The highest BCUT2D eigenvalue weighted by molar-refractivity contribution is 7.99. The van der Waals surface area contributed by atoms with E-state index < -0.39 is 0 Å². The lowest BCUT2D eigenvalue weighted by molar-refractivity contribution is 1.39. The van der Waals surface area contributed by atoms with Crippen LogP contribution in [0, 0.1) is 11.3 Å². The van der Waals surface area contributed by atoms with Crippen LogP contribution >= 0.6 is 11.8 Å². The number of benzene rings is 3. The van der Waals surface area contributed by atoms with Gasteiger partial charge in [0.2, 0.25) is 0 Å². The van der Waals surface area contributed by atoms with Gasteiger partial charge < -0.3 is 0 Å². The minimum absolute atomic E-state index is 0.697. The molecule has 0 amide bonds. The zero-order valence-electron chi connectivity index (χ0n) is 10.2. The van der Waals surface area contributed by atoms with Crippen LogP contribution in [0.3, 0.4) is 0 Å². The average molecular weight is 261 g/mol. The molecule has 0 aromatic heterocycles. The van der Waals surface area contributed by atoms with E-state index in [1.54, 1.807) is 11.8 Å². The topological polar surface area (TPSA) is 23.8 Å². The summed E-state index contributed by atoms with van der Waals surface area (Å²) in [5, 5.41) is 11.3. The third-order valence-electron chi connectivity index (χ3n) is 2.94. The molecule has 0 aliphatic rings. The van der Waals surface area contributed by atoms with Crippen LogP contribution in [0.15, 0.2) is 76.5 Å². The molecule has 0 bridgehead atoms. The maximum absolute atomic E-state index is 8.78. The number of hydrogen-bond acceptors (Lipinski definition) is 2. The quantitative estimate of drug-likeness (QED) is 0.657. The van der Waals surface area contributed by atoms with Crippen molar-refractivity contribution in [1.82, 2.24) is 0 Å². The first kappa shape index (κ1) is 11.8. The first-order valence-corrected chi connectivity index (χ1v) is 6.84. The van der Waals surface area contributed by atoms with Crippen molar-refractivity contribution in [3.8, 4) is 6.07 Å². The van der Waals surface area contributed by atoms with Crippen LogP contribution in [0.5, 0.6) is 0 Å². The Kier molecular flexibility index (Phi) is 3.22. The smallest absolute Gasteiger partial charge is 0.0991 e. The zero-order valence-corrected chi connectivity index (χ0v) is 11.0. The lowest BCUT2D eigenvalue weighted by atomic mass is 10.1. The Bertz CT molecular complexity index is 754. The van der Waals surface area contributed by atoms with E-state index in [1.165, 1.54) is 15.7 Å². The van der Waals surface area contributed by atoms with Crippen LogP contribution in [-0.4, -0.2) is 0 Å². The third kappa shape index (κ3) is 2.62. The van der Waals surface area contributed by atoms with Gasteiger partial charge in [0.1, 0.15) is 0 Å². The Morgan fingerprint density at radius 3 is 2.16 bits per heavy atom. The molecule has 0 N–H and O–H groups in total. The van der Waals surface area contributed by atoms with Crippen LogP contribution in [-0.2, 0) is 0 Å². The molecule has 0 spiro atoms. The summed E-state index contributed by atoms with van der Waals surface area (Å²) in [7, 11) is 0. The van der Waals surface area contributed by atoms with E-state index in [0.717, 1.165) is 4.90 Å². The Balaban J connectivity index is 1.90. The Hall–Kier alpha value is -2.24. The summed E-state index contributed by atoms with van der Waals surface area (Å²) in [6, 6.07) is 24.6. The highest BCUT2D eigenvalue weighted by Crippen LogP contribution is 2.30. The van der Waals surface area contributed by atoms with Crippen molar-refractivity contribution in [2.75, 3.05) is 0 Å². The Morgan fingerprint density at radius 2 is 1.42 bits per heavy atom. The van der Waals surface area contributed by atoms with E-state index in [0.29, 0.717) is 5.56 Å². The van der Waals surface area contributed by atoms with Crippen molar-refractivity contribution in [1.29, 1.82) is 5.26 Å². The number of fused-ring (bicyclic) bond motifs is 1. The van der Waals surface area contributed by atoms with E-state index in [1.807, 2.05) is 24.3 Å². The minimum atomic E-state index is 0.697. The summed E-state index contributed by atoms with van der Waals surface area (Å²) in [4.78, 5) is 2.36. The van der Waals surface area contributed by atoms with Gasteiger partial charge in [-0.15, -0.1) is 0 Å². The molecule has 0 fully saturated rings. The molecule has 1 nitrogen and oxygen atoms in total. The van der Waals surface area contributed by atoms with Crippen molar-refractivity contribution in [2.24, 2.45) is 0 Å². The van der Waals surface area contributed by atoms with Crippen LogP contribution in [0.1, 0.15) is 5.56 Å². The maximum atomic E-state index is 8.78. The van der Waals surface area contributed by atoms with E-state index >= 15 is 0 Å². The molecule has 0 unspecified atom stereocenters. The largest absolute Gasteiger partial charge is 0.192 e. The molecule has 0 radical (unpaired) electrons. The molecule has 0 atom stereocenters. The summed E-state index contributed by atoms with van der Waals surface area (Å²) in [5.74, 6) is 0. The zero-order chi connectivity index (χ0) is 13.1. The second-order valence-corrected chi connectivity index (χ2v) is 5.39. The molecule has 0 aliphatic heterocycles. The standard InChI is InChI=1S/C17H11NS/c18-12-13-5-8-16(9-6-13)19-17-10-7-14-3-1-2-4-15(14)11-17/h1-11H. The summed E-state index contributed by atoms with van der Waals surface area (Å²) in [5.41, 5.74) is 0.697. The molecule has 3 rings (SSSR count). The van der Waals surface area contributed by atoms with Gasteiger partial charge >= 0.3 is 0 Å². The van der Waals surface area contributed by atoms with E-state index in [2.05, 4.69) is 48.5 Å². The van der Waals surface area contributed by atoms with Crippen LogP contribution < -0.4 is 0 Å². The van der Waals surface area contributed by atoms with E-state index in [4.69, 9.17) is 5.26 Å². The highest BCUT2D eigenvalue weighted by atomic mass is 32.2. The third-order valence-corrected chi connectivity index (χ3v) is 3.94. The van der Waals surface area contributed by atoms with Gasteiger partial charge in [0.25, 0.3) is 0 Å². The number of nitriles is 1. The first-order chi connectivity index (χ1) is 9.35. The fourth-order valence-corrected chi connectivity index (χ4v) is 2.83. The Labute approximate surface area is 116 Å². The van der Waals surface area contributed by atoms with Gasteiger partial charge in [-0.1, -0.05) is 42.1 Å². The summed E-state index contributed by atoms with van der Waals surface area (Å²) >= 11 is 1.71. The molecule has 3 aromatic carbocycles. The predicted molar refractivity (Wildman–Crippen MR) is 79.2 cm³/mol. The van der Waals surface area contributed by atoms with Crippen LogP contribution in [0.4, 0.5) is 0 Å². The predicted octanol–water partition coefficient (Wildman–Crippen LogP) is 4.86. The molecule has 0 saturated carbocycles. The second kappa shape index (κ2) is 5.17. The van der Waals surface area contributed by atoms with Crippen molar-refractivity contribution < 1.29 is 0 Å². The molecular formula is C17H11NS. The Morgan fingerprint density at radius 1 is 0.737 bits per heavy atom. The SMILES string of the molecule is N#Cc1ccc(Sc2ccc3ccccc3c2)cc1. The molecule has 90 valence electrons. The molecule has 19 heavy (non-hydrogen) atoms. The van der Waals surface area contributed by atoms with Crippen LogP contribution in [0.25, 0.3) is 10.8 Å². The van der Waals surface area contributed by atoms with Gasteiger partial charge in [-0.2, -0.15) is 5.26 Å². The number of nitrogens with zero attached hydrogens (tertiary/aromatic N) is 1. The average Bonchev–Trinajstić information content (AvgIpc) is 2.48. The van der Waals surface area contributed by atoms with Crippen molar-refractivity contribution in [2.45, 2.75) is 9.79 Å². The lowest BCUT2D eigenvalue weighted by Crippen LogP contribution is -1.77. The minimum Gasteiger partial charge on any atom is -0.192 e. The van der Waals surface area contributed by atoms with Gasteiger partial charge in [-0.05, 0) is 47.2 Å². The van der Waals surface area contributed by atoms with E-state index in [-0.39, 0.29) is 0 Å². The van der Waals surface area contributed by atoms with Gasteiger partial charge in [0.05, 0.1) is 11.6 Å². The highest BCUT2D eigenvalue weighted by Gasteiger charge is 1.99. The fourth-order valence-electron chi connectivity index (χ4n) is 1.96. The summed E-state index contributed by atoms with van der Waals surface area (Å²) < 4.78 is 0. The lowest BCUT2D eigenvalue weighted by Gasteiger charge is -2.04. The molecule has 0 heterocycles. The summed E-state index contributed by atoms with van der Waals surface area (Å²) in [6.07, 6.45) is 0. The summed E-state index contributed by atoms with van der Waals surface area (Å²) in [6.45, 7) is 0. The number of hydrogen-bond donors (Lipinski definition) is 0. The van der Waals surface area contributed by atoms with E-state index in [9.17, 15) is 0 Å². The molecule has 0 saturated heterocycles. The molecular weight excluding hydrogens is 250 g/mol. The van der Waals surface area contributed by atoms with Gasteiger partial charge in [-0.3, -0.25) is 0 Å². The molecule has 2 heteroatoms.